The van der Waals surface area contributed by atoms with Crippen LogP contribution in [-0.2, 0) is 11.3 Å². The lowest BCUT2D eigenvalue weighted by Gasteiger charge is -2.23. The highest BCUT2D eigenvalue weighted by Crippen LogP contribution is 2.09. The molecule has 0 saturated heterocycles. The average Bonchev–Trinajstić information content (AvgIpc) is 2.13. The SMILES string of the molecule is COC(C)(C)Cn1cccc(I)c1=O. The van der Waals surface area contributed by atoms with E-state index in [2.05, 4.69) is 0 Å². The summed E-state index contributed by atoms with van der Waals surface area (Å²) in [4.78, 5) is 11.7. The molecule has 0 aromatic carbocycles. The highest BCUT2D eigenvalue weighted by atomic mass is 127. The maximum absolute atomic E-state index is 11.7. The minimum atomic E-state index is -0.311. The van der Waals surface area contributed by atoms with E-state index < -0.39 is 0 Å². The first kappa shape index (κ1) is 11.7. The van der Waals surface area contributed by atoms with Crippen LogP contribution in [0.5, 0.6) is 0 Å². The molecular weight excluding hydrogens is 293 g/mol. The normalized spacial score (nSPS) is 11.7. The molecule has 0 fully saturated rings. The molecule has 0 aliphatic heterocycles. The molecule has 1 rings (SSSR count). The zero-order chi connectivity index (χ0) is 10.8. The summed E-state index contributed by atoms with van der Waals surface area (Å²) in [6.07, 6.45) is 1.78. The van der Waals surface area contributed by atoms with E-state index in [1.165, 1.54) is 0 Å². The van der Waals surface area contributed by atoms with Crippen LogP contribution >= 0.6 is 22.6 Å². The van der Waals surface area contributed by atoms with Crippen molar-refractivity contribution < 1.29 is 4.74 Å². The van der Waals surface area contributed by atoms with Gasteiger partial charge in [0, 0.05) is 13.3 Å². The van der Waals surface area contributed by atoms with Crippen LogP contribution in [0.1, 0.15) is 13.8 Å². The van der Waals surface area contributed by atoms with Gasteiger partial charge in [-0.05, 0) is 48.6 Å². The summed E-state index contributed by atoms with van der Waals surface area (Å²) in [6, 6.07) is 3.67. The molecule has 0 spiro atoms. The minimum absolute atomic E-state index is 0.0400. The maximum atomic E-state index is 11.7. The number of methoxy groups -OCH3 is 1. The fourth-order valence-electron chi connectivity index (χ4n) is 1.11. The molecule has 14 heavy (non-hydrogen) atoms. The minimum Gasteiger partial charge on any atom is -0.377 e. The number of halogens is 1. The van der Waals surface area contributed by atoms with Gasteiger partial charge in [-0.3, -0.25) is 4.79 Å². The Labute approximate surface area is 97.2 Å². The van der Waals surface area contributed by atoms with Crippen LogP contribution in [0.2, 0.25) is 0 Å². The summed E-state index contributed by atoms with van der Waals surface area (Å²) in [5.41, 5.74) is -0.271. The second kappa shape index (κ2) is 4.44. The van der Waals surface area contributed by atoms with Crippen LogP contribution in [0.25, 0.3) is 0 Å². The van der Waals surface area contributed by atoms with E-state index in [9.17, 15) is 4.79 Å². The predicted molar refractivity (Wildman–Crippen MR) is 64.5 cm³/mol. The molecule has 1 aromatic rings. The van der Waals surface area contributed by atoms with E-state index in [1.807, 2.05) is 42.5 Å². The molecule has 4 heteroatoms. The van der Waals surface area contributed by atoms with E-state index in [0.717, 1.165) is 3.57 Å². The lowest BCUT2D eigenvalue weighted by atomic mass is 10.1. The Kier molecular flexibility index (Phi) is 3.71. The first-order chi connectivity index (χ1) is 6.46. The van der Waals surface area contributed by atoms with Gasteiger partial charge < -0.3 is 9.30 Å². The summed E-state index contributed by atoms with van der Waals surface area (Å²) in [6.45, 7) is 4.48. The number of aromatic nitrogens is 1. The molecule has 0 aliphatic carbocycles. The topological polar surface area (TPSA) is 31.2 Å². The summed E-state index contributed by atoms with van der Waals surface area (Å²) >= 11 is 2.04. The fraction of sp³-hybridized carbons (Fsp3) is 0.500. The smallest absolute Gasteiger partial charge is 0.264 e. The molecule has 3 nitrogen and oxygen atoms in total. The summed E-state index contributed by atoms with van der Waals surface area (Å²) in [5.74, 6) is 0. The van der Waals surface area contributed by atoms with Gasteiger partial charge in [0.25, 0.3) is 5.56 Å². The van der Waals surface area contributed by atoms with Crippen LogP contribution < -0.4 is 5.56 Å². The first-order valence-electron chi connectivity index (χ1n) is 4.36. The molecule has 0 atom stereocenters. The Bertz CT molecular complexity index is 371. The standard InChI is InChI=1S/C10H14INO2/c1-10(2,14-3)7-12-6-4-5-8(11)9(12)13/h4-6H,7H2,1-3H3. The molecule has 0 aliphatic rings. The molecule has 1 aromatic heterocycles. The molecule has 0 N–H and O–H groups in total. The van der Waals surface area contributed by atoms with Crippen molar-refractivity contribution in [2.24, 2.45) is 0 Å². The highest BCUT2D eigenvalue weighted by Gasteiger charge is 2.17. The fourth-order valence-corrected chi connectivity index (χ4v) is 1.62. The van der Waals surface area contributed by atoms with E-state index in [0.29, 0.717) is 6.54 Å². The van der Waals surface area contributed by atoms with Gasteiger partial charge in [0.2, 0.25) is 0 Å². The molecule has 0 amide bonds. The lowest BCUT2D eigenvalue weighted by Crippen LogP contribution is -2.34. The molecule has 0 bridgehead atoms. The second-order valence-corrected chi connectivity index (χ2v) is 4.92. The predicted octanol–water partition coefficient (Wildman–Crippen LogP) is 1.88. The van der Waals surface area contributed by atoms with Crippen LogP contribution in [0.15, 0.2) is 23.1 Å². The second-order valence-electron chi connectivity index (χ2n) is 3.75. The van der Waals surface area contributed by atoms with Crippen molar-refractivity contribution >= 4 is 22.6 Å². The summed E-state index contributed by atoms with van der Waals surface area (Å²) < 4.78 is 7.68. The third kappa shape index (κ3) is 2.81. The Morgan fingerprint density at radius 3 is 2.79 bits per heavy atom. The largest absolute Gasteiger partial charge is 0.377 e. The van der Waals surface area contributed by atoms with E-state index in [4.69, 9.17) is 4.74 Å². The zero-order valence-corrected chi connectivity index (χ0v) is 10.7. The Morgan fingerprint density at radius 2 is 2.21 bits per heavy atom. The summed E-state index contributed by atoms with van der Waals surface area (Å²) in [5, 5.41) is 0. The van der Waals surface area contributed by atoms with Gasteiger partial charge in [0.1, 0.15) is 0 Å². The van der Waals surface area contributed by atoms with Crippen LogP contribution in [0, 0.1) is 3.57 Å². The number of hydrogen-bond acceptors (Lipinski definition) is 2. The van der Waals surface area contributed by atoms with Gasteiger partial charge in [-0.25, -0.2) is 0 Å². The molecule has 0 radical (unpaired) electrons. The Hall–Kier alpha value is -0.360. The molecular formula is C10H14INO2. The molecule has 1 heterocycles. The number of pyridine rings is 1. The van der Waals surface area contributed by atoms with Gasteiger partial charge in [-0.2, -0.15) is 0 Å². The lowest BCUT2D eigenvalue weighted by molar-refractivity contribution is 0.00733. The molecule has 0 unspecified atom stereocenters. The average molecular weight is 307 g/mol. The van der Waals surface area contributed by atoms with Crippen molar-refractivity contribution in [2.45, 2.75) is 26.0 Å². The van der Waals surface area contributed by atoms with Gasteiger partial charge in [0.05, 0.1) is 15.7 Å². The van der Waals surface area contributed by atoms with Gasteiger partial charge in [-0.15, -0.1) is 0 Å². The van der Waals surface area contributed by atoms with Crippen molar-refractivity contribution in [1.82, 2.24) is 4.57 Å². The summed E-state index contributed by atoms with van der Waals surface area (Å²) in [7, 11) is 1.65. The third-order valence-electron chi connectivity index (χ3n) is 2.08. The van der Waals surface area contributed by atoms with Crippen molar-refractivity contribution in [3.63, 3.8) is 0 Å². The number of ether oxygens (including phenoxy) is 1. The Morgan fingerprint density at radius 1 is 1.57 bits per heavy atom. The van der Waals surface area contributed by atoms with Crippen LogP contribution in [0.4, 0.5) is 0 Å². The number of hydrogen-bond donors (Lipinski definition) is 0. The monoisotopic (exact) mass is 307 g/mol. The number of nitrogens with zero attached hydrogens (tertiary/aromatic N) is 1. The first-order valence-corrected chi connectivity index (χ1v) is 5.44. The van der Waals surface area contributed by atoms with Crippen molar-refractivity contribution in [3.05, 3.63) is 32.3 Å². The van der Waals surface area contributed by atoms with Crippen molar-refractivity contribution in [2.75, 3.05) is 7.11 Å². The van der Waals surface area contributed by atoms with E-state index in [1.54, 1.807) is 23.9 Å². The van der Waals surface area contributed by atoms with Crippen LogP contribution in [-0.4, -0.2) is 17.3 Å². The van der Waals surface area contributed by atoms with Crippen LogP contribution in [0.3, 0.4) is 0 Å². The third-order valence-corrected chi connectivity index (χ3v) is 2.90. The van der Waals surface area contributed by atoms with Gasteiger partial charge in [0.15, 0.2) is 0 Å². The highest BCUT2D eigenvalue weighted by molar-refractivity contribution is 14.1. The maximum Gasteiger partial charge on any atom is 0.264 e. The number of rotatable bonds is 3. The zero-order valence-electron chi connectivity index (χ0n) is 8.58. The quantitative estimate of drug-likeness (QED) is 0.799. The van der Waals surface area contributed by atoms with Gasteiger partial charge in [-0.1, -0.05) is 0 Å². The molecule has 78 valence electrons. The van der Waals surface area contributed by atoms with Crippen molar-refractivity contribution in [1.29, 1.82) is 0 Å². The van der Waals surface area contributed by atoms with Gasteiger partial charge >= 0.3 is 0 Å². The Balaban J connectivity index is 2.99. The molecule has 0 saturated carbocycles. The van der Waals surface area contributed by atoms with E-state index >= 15 is 0 Å². The van der Waals surface area contributed by atoms with E-state index in [-0.39, 0.29) is 11.2 Å². The van der Waals surface area contributed by atoms with Crippen molar-refractivity contribution in [3.8, 4) is 0 Å².